The Morgan fingerprint density at radius 3 is 2.39 bits per heavy atom. The van der Waals surface area contributed by atoms with Gasteiger partial charge in [-0.3, -0.25) is 14.9 Å². The molecular formula is C17H15N3O3. The Morgan fingerprint density at radius 1 is 1.13 bits per heavy atom. The number of carbonyl (C=O) groups excluding carboxylic acids is 1. The lowest BCUT2D eigenvalue weighted by Gasteiger charge is -2.14. The molecule has 0 saturated heterocycles. The van der Waals surface area contributed by atoms with Crippen molar-refractivity contribution >= 4 is 23.0 Å². The molecule has 23 heavy (non-hydrogen) atoms. The van der Waals surface area contributed by atoms with Gasteiger partial charge in [0.05, 0.1) is 16.5 Å². The second-order valence-electron chi connectivity index (χ2n) is 5.41. The summed E-state index contributed by atoms with van der Waals surface area (Å²) in [6.45, 7) is 1.83. The van der Waals surface area contributed by atoms with Crippen molar-refractivity contribution in [3.63, 3.8) is 0 Å². The highest BCUT2D eigenvalue weighted by Gasteiger charge is 2.34. The number of benzene rings is 2. The van der Waals surface area contributed by atoms with Gasteiger partial charge in [0, 0.05) is 17.8 Å². The predicted molar refractivity (Wildman–Crippen MR) is 87.3 cm³/mol. The number of hydrogen-bond acceptors (Lipinski definition) is 4. The van der Waals surface area contributed by atoms with Gasteiger partial charge in [0.15, 0.2) is 0 Å². The Balaban J connectivity index is 1.78. The van der Waals surface area contributed by atoms with Crippen molar-refractivity contribution in [1.82, 2.24) is 0 Å². The number of non-ortho nitro benzene ring substituents is 1. The minimum atomic E-state index is -0.436. The van der Waals surface area contributed by atoms with Crippen LogP contribution in [0.4, 0.5) is 11.4 Å². The van der Waals surface area contributed by atoms with Crippen LogP contribution in [0.15, 0.2) is 59.7 Å². The first kappa shape index (κ1) is 14.9. The van der Waals surface area contributed by atoms with Crippen LogP contribution in [0, 0.1) is 16.0 Å². The third-order valence-corrected chi connectivity index (χ3v) is 3.86. The Hall–Kier alpha value is -3.02. The van der Waals surface area contributed by atoms with Gasteiger partial charge in [-0.25, -0.2) is 5.01 Å². The van der Waals surface area contributed by atoms with Crippen LogP contribution < -0.4 is 5.01 Å². The molecule has 6 nitrogen and oxygen atoms in total. The van der Waals surface area contributed by atoms with E-state index in [1.54, 1.807) is 12.1 Å². The van der Waals surface area contributed by atoms with Crippen LogP contribution in [-0.2, 0) is 11.2 Å². The van der Waals surface area contributed by atoms with Crippen LogP contribution in [-0.4, -0.2) is 16.5 Å². The molecule has 0 aliphatic carbocycles. The summed E-state index contributed by atoms with van der Waals surface area (Å²) in [5.41, 5.74) is 2.40. The fourth-order valence-electron chi connectivity index (χ4n) is 2.58. The van der Waals surface area contributed by atoms with E-state index in [0.717, 1.165) is 17.0 Å². The van der Waals surface area contributed by atoms with Crippen LogP contribution >= 0.6 is 0 Å². The largest absolute Gasteiger partial charge is 0.272 e. The summed E-state index contributed by atoms with van der Waals surface area (Å²) < 4.78 is 0. The summed E-state index contributed by atoms with van der Waals surface area (Å²) in [7, 11) is 0. The van der Waals surface area contributed by atoms with Gasteiger partial charge >= 0.3 is 0 Å². The molecule has 1 atom stereocenters. The van der Waals surface area contributed by atoms with E-state index in [4.69, 9.17) is 0 Å². The summed E-state index contributed by atoms with van der Waals surface area (Å²) in [6, 6.07) is 15.6. The summed E-state index contributed by atoms with van der Waals surface area (Å²) in [4.78, 5) is 22.8. The maximum atomic E-state index is 12.6. The Bertz CT molecular complexity index is 769. The third kappa shape index (κ3) is 2.96. The van der Waals surface area contributed by atoms with Crippen molar-refractivity contribution in [2.45, 2.75) is 13.3 Å². The van der Waals surface area contributed by atoms with Gasteiger partial charge in [-0.2, -0.15) is 5.10 Å². The Labute approximate surface area is 133 Å². The maximum absolute atomic E-state index is 12.6. The van der Waals surface area contributed by atoms with Gasteiger partial charge in [-0.1, -0.05) is 30.3 Å². The topological polar surface area (TPSA) is 75.8 Å². The molecule has 1 amide bonds. The molecular weight excluding hydrogens is 294 g/mol. The first-order valence-corrected chi connectivity index (χ1v) is 7.23. The minimum Gasteiger partial charge on any atom is -0.272 e. The highest BCUT2D eigenvalue weighted by atomic mass is 16.6. The highest BCUT2D eigenvalue weighted by molar-refractivity contribution is 6.14. The zero-order valence-corrected chi connectivity index (χ0v) is 12.5. The average molecular weight is 309 g/mol. The number of hydrazone groups is 1. The Morgan fingerprint density at radius 2 is 1.78 bits per heavy atom. The quantitative estimate of drug-likeness (QED) is 0.643. The fraction of sp³-hybridized carbons (Fsp3) is 0.176. The lowest BCUT2D eigenvalue weighted by molar-refractivity contribution is -0.384. The van der Waals surface area contributed by atoms with E-state index in [2.05, 4.69) is 5.10 Å². The first-order valence-electron chi connectivity index (χ1n) is 7.23. The lowest BCUT2D eigenvalue weighted by Crippen LogP contribution is -2.28. The molecule has 6 heteroatoms. The van der Waals surface area contributed by atoms with Gasteiger partial charge in [0.2, 0.25) is 0 Å². The molecule has 2 aromatic rings. The van der Waals surface area contributed by atoms with E-state index < -0.39 is 4.92 Å². The van der Waals surface area contributed by atoms with Crippen molar-refractivity contribution in [1.29, 1.82) is 0 Å². The molecule has 3 rings (SSSR count). The van der Waals surface area contributed by atoms with Crippen LogP contribution in [0.25, 0.3) is 0 Å². The molecule has 0 aromatic heterocycles. The van der Waals surface area contributed by atoms with Gasteiger partial charge in [0.25, 0.3) is 11.6 Å². The zero-order chi connectivity index (χ0) is 16.4. The first-order chi connectivity index (χ1) is 11.1. The second kappa shape index (κ2) is 6.00. The summed E-state index contributed by atoms with van der Waals surface area (Å²) in [6.07, 6.45) is 0.482. The van der Waals surface area contributed by atoms with E-state index in [0.29, 0.717) is 6.42 Å². The van der Waals surface area contributed by atoms with E-state index in [-0.39, 0.29) is 17.5 Å². The molecule has 0 N–H and O–H groups in total. The highest BCUT2D eigenvalue weighted by Crippen LogP contribution is 2.26. The molecule has 0 saturated carbocycles. The molecule has 0 radical (unpaired) electrons. The van der Waals surface area contributed by atoms with Crippen molar-refractivity contribution in [2.75, 3.05) is 5.01 Å². The monoisotopic (exact) mass is 309 g/mol. The Kier molecular flexibility index (Phi) is 3.89. The number of amides is 1. The van der Waals surface area contributed by atoms with Gasteiger partial charge in [0.1, 0.15) is 0 Å². The van der Waals surface area contributed by atoms with Gasteiger partial charge < -0.3 is 0 Å². The second-order valence-corrected chi connectivity index (χ2v) is 5.41. The van der Waals surface area contributed by atoms with E-state index >= 15 is 0 Å². The smallest absolute Gasteiger partial charge is 0.269 e. The number of hydrogen-bond donors (Lipinski definition) is 0. The summed E-state index contributed by atoms with van der Waals surface area (Å²) >= 11 is 0. The average Bonchev–Trinajstić information content (AvgIpc) is 2.84. The standard InChI is InChI=1S/C17H15N3O3/c1-12-16(11-13-7-9-15(10-8-13)20(22)23)17(21)19(18-12)14-5-3-2-4-6-14/h2-10,16H,11H2,1H3. The molecule has 0 fully saturated rings. The number of rotatable bonds is 4. The van der Waals surface area contributed by atoms with E-state index in [1.165, 1.54) is 17.1 Å². The number of nitro benzene ring substituents is 1. The zero-order valence-electron chi connectivity index (χ0n) is 12.5. The van der Waals surface area contributed by atoms with Gasteiger partial charge in [-0.15, -0.1) is 0 Å². The molecule has 1 heterocycles. The van der Waals surface area contributed by atoms with Crippen molar-refractivity contribution in [3.8, 4) is 0 Å². The third-order valence-electron chi connectivity index (χ3n) is 3.86. The van der Waals surface area contributed by atoms with Crippen molar-refractivity contribution < 1.29 is 9.72 Å². The minimum absolute atomic E-state index is 0.0443. The number of anilines is 1. The van der Waals surface area contributed by atoms with Crippen LogP contribution in [0.1, 0.15) is 12.5 Å². The SMILES string of the molecule is CC1=NN(c2ccccc2)C(=O)C1Cc1ccc([N+](=O)[O-])cc1. The van der Waals surface area contributed by atoms with Crippen LogP contribution in [0.5, 0.6) is 0 Å². The molecule has 0 bridgehead atoms. The fourth-order valence-corrected chi connectivity index (χ4v) is 2.58. The molecule has 0 spiro atoms. The van der Waals surface area contributed by atoms with Crippen LogP contribution in [0.2, 0.25) is 0 Å². The number of nitrogens with zero attached hydrogens (tertiary/aromatic N) is 3. The van der Waals surface area contributed by atoms with E-state index in [1.807, 2.05) is 37.3 Å². The molecule has 116 valence electrons. The predicted octanol–water partition coefficient (Wildman–Crippen LogP) is 3.18. The molecule has 1 aliphatic rings. The van der Waals surface area contributed by atoms with Crippen molar-refractivity contribution in [2.24, 2.45) is 11.0 Å². The number of carbonyl (C=O) groups is 1. The summed E-state index contributed by atoms with van der Waals surface area (Å²) in [5.74, 6) is -0.413. The number of para-hydroxylation sites is 1. The normalized spacial score (nSPS) is 17.3. The van der Waals surface area contributed by atoms with E-state index in [9.17, 15) is 14.9 Å². The van der Waals surface area contributed by atoms with Gasteiger partial charge in [-0.05, 0) is 31.0 Å². The lowest BCUT2D eigenvalue weighted by atomic mass is 9.95. The molecule has 2 aromatic carbocycles. The molecule has 1 unspecified atom stereocenters. The maximum Gasteiger partial charge on any atom is 0.269 e. The number of nitro groups is 1. The molecule has 1 aliphatic heterocycles. The van der Waals surface area contributed by atoms with Crippen molar-refractivity contribution in [3.05, 3.63) is 70.3 Å². The summed E-state index contributed by atoms with van der Waals surface area (Å²) in [5, 5.41) is 16.5. The van der Waals surface area contributed by atoms with Crippen LogP contribution in [0.3, 0.4) is 0 Å².